The highest BCUT2D eigenvalue weighted by Crippen LogP contribution is 2.37. The Morgan fingerprint density at radius 2 is 1.96 bits per heavy atom. The fourth-order valence-electron chi connectivity index (χ4n) is 2.47. The number of carbonyl (C=O) groups is 2. The summed E-state index contributed by atoms with van der Waals surface area (Å²) in [6.07, 6.45) is -2.65. The molecular formula is C14H24ClF3N2O4. The number of hydrogen-bond acceptors (Lipinski definition) is 4. The zero-order valence-corrected chi connectivity index (χ0v) is 14.3. The average molecular weight is 377 g/mol. The van der Waals surface area contributed by atoms with Gasteiger partial charge in [-0.15, -0.1) is 12.4 Å². The van der Waals surface area contributed by atoms with Gasteiger partial charge in [-0.1, -0.05) is 13.3 Å². The molecule has 0 bridgehead atoms. The van der Waals surface area contributed by atoms with Gasteiger partial charge in [0.2, 0.25) is 5.91 Å². The van der Waals surface area contributed by atoms with Gasteiger partial charge in [-0.05, 0) is 6.42 Å². The van der Waals surface area contributed by atoms with Gasteiger partial charge in [0.15, 0.2) is 0 Å². The quantitative estimate of drug-likeness (QED) is 0.597. The topological polar surface area (TPSA) is 78.9 Å². The van der Waals surface area contributed by atoms with Gasteiger partial charge in [-0.3, -0.25) is 14.5 Å². The number of hydrogen-bond donors (Lipinski definition) is 2. The monoisotopic (exact) mass is 376 g/mol. The molecule has 1 rings (SSSR count). The number of rotatable bonds is 9. The minimum Gasteiger partial charge on any atom is -0.481 e. The molecule has 10 heteroatoms. The van der Waals surface area contributed by atoms with E-state index in [-0.39, 0.29) is 32.0 Å². The molecule has 142 valence electrons. The number of halogens is 4. The number of carbonyl (C=O) groups excluding carboxylic acids is 1. The Morgan fingerprint density at radius 1 is 1.29 bits per heavy atom. The van der Waals surface area contributed by atoms with Gasteiger partial charge in [0.1, 0.15) is 0 Å². The molecule has 6 nitrogen and oxygen atoms in total. The van der Waals surface area contributed by atoms with Crippen LogP contribution in [0.15, 0.2) is 0 Å². The zero-order valence-electron chi connectivity index (χ0n) is 13.5. The van der Waals surface area contributed by atoms with E-state index in [0.29, 0.717) is 13.2 Å². The molecule has 1 fully saturated rings. The van der Waals surface area contributed by atoms with Crippen molar-refractivity contribution in [3.8, 4) is 0 Å². The lowest BCUT2D eigenvalue weighted by molar-refractivity contribution is -0.188. The number of amides is 1. The maximum atomic E-state index is 12.8. The highest BCUT2D eigenvalue weighted by molar-refractivity contribution is 5.85. The maximum Gasteiger partial charge on any atom is 0.393 e. The number of unbranched alkanes of at least 4 members (excludes halogenated alkanes) is 1. The van der Waals surface area contributed by atoms with Crippen molar-refractivity contribution in [3.63, 3.8) is 0 Å². The fourth-order valence-corrected chi connectivity index (χ4v) is 2.47. The molecule has 0 unspecified atom stereocenters. The predicted molar refractivity (Wildman–Crippen MR) is 83.1 cm³/mol. The summed E-state index contributed by atoms with van der Waals surface area (Å²) in [5.41, 5.74) is 0. The fraction of sp³-hybridized carbons (Fsp3) is 0.857. The number of nitrogens with one attached hydrogen (secondary N) is 1. The van der Waals surface area contributed by atoms with Crippen molar-refractivity contribution in [3.05, 3.63) is 0 Å². The Balaban J connectivity index is 0.00000529. The van der Waals surface area contributed by atoms with Crippen molar-refractivity contribution in [1.29, 1.82) is 0 Å². The summed E-state index contributed by atoms with van der Waals surface area (Å²) in [4.78, 5) is 23.9. The molecule has 2 N–H and O–H groups in total. The molecule has 1 heterocycles. The molecule has 1 amide bonds. The van der Waals surface area contributed by atoms with E-state index in [9.17, 15) is 22.8 Å². The Kier molecular flexibility index (Phi) is 10.3. The van der Waals surface area contributed by atoms with Gasteiger partial charge in [0.25, 0.3) is 0 Å². The second kappa shape index (κ2) is 10.7. The molecule has 0 aromatic carbocycles. The van der Waals surface area contributed by atoms with Gasteiger partial charge in [-0.25, -0.2) is 0 Å². The first-order valence-electron chi connectivity index (χ1n) is 7.62. The standard InChI is InChI=1S/C14H23F3N2O4.ClH/c1-2-3-5-23-6-4-18-12(20)9-19-7-10(13(21)22)11(8-19)14(15,16)17;/h10-11H,2-9H2,1H3,(H,18,20)(H,21,22);1H/t10-,11-;/m1./s1. The van der Waals surface area contributed by atoms with Crippen LogP contribution in [0.1, 0.15) is 19.8 Å². The van der Waals surface area contributed by atoms with E-state index < -0.39 is 36.4 Å². The van der Waals surface area contributed by atoms with E-state index in [1.807, 2.05) is 6.92 Å². The third-order valence-corrected chi connectivity index (χ3v) is 3.71. The molecule has 1 aliphatic rings. The van der Waals surface area contributed by atoms with Gasteiger partial charge < -0.3 is 15.2 Å². The van der Waals surface area contributed by atoms with Crippen molar-refractivity contribution in [2.45, 2.75) is 25.9 Å². The van der Waals surface area contributed by atoms with Crippen LogP contribution in [0.3, 0.4) is 0 Å². The van der Waals surface area contributed by atoms with E-state index in [1.54, 1.807) is 0 Å². The van der Waals surface area contributed by atoms with Crippen LogP contribution in [0.4, 0.5) is 13.2 Å². The van der Waals surface area contributed by atoms with Gasteiger partial charge in [0.05, 0.1) is 25.0 Å². The number of carboxylic acids is 1. The Morgan fingerprint density at radius 3 is 2.46 bits per heavy atom. The van der Waals surface area contributed by atoms with Gasteiger partial charge in [0, 0.05) is 26.2 Å². The molecule has 24 heavy (non-hydrogen) atoms. The second-order valence-electron chi connectivity index (χ2n) is 5.60. The minimum absolute atomic E-state index is 0. The third-order valence-electron chi connectivity index (χ3n) is 3.71. The first-order valence-corrected chi connectivity index (χ1v) is 7.62. The SMILES string of the molecule is CCCCOCCNC(=O)CN1C[C@@H](C(F)(F)F)[C@H](C(=O)O)C1.Cl. The van der Waals surface area contributed by atoms with Crippen LogP contribution in [0.25, 0.3) is 0 Å². The first kappa shape index (κ1) is 22.9. The lowest BCUT2D eigenvalue weighted by Crippen LogP contribution is -2.38. The number of likely N-dealkylation sites (tertiary alicyclic amines) is 1. The van der Waals surface area contributed by atoms with E-state index in [2.05, 4.69) is 5.32 Å². The highest BCUT2D eigenvalue weighted by Gasteiger charge is 2.52. The molecule has 1 saturated heterocycles. The summed E-state index contributed by atoms with van der Waals surface area (Å²) >= 11 is 0. The van der Waals surface area contributed by atoms with Crippen molar-refractivity contribution in [1.82, 2.24) is 10.2 Å². The van der Waals surface area contributed by atoms with Crippen molar-refractivity contribution in [2.24, 2.45) is 11.8 Å². The first-order chi connectivity index (χ1) is 10.8. The predicted octanol–water partition coefficient (Wildman–Crippen LogP) is 1.54. The normalized spacial score (nSPS) is 21.3. The number of alkyl halides is 3. The Bertz CT molecular complexity index is 410. The second-order valence-corrected chi connectivity index (χ2v) is 5.60. The minimum atomic E-state index is -4.58. The smallest absolute Gasteiger partial charge is 0.393 e. The average Bonchev–Trinajstić information content (AvgIpc) is 2.87. The van der Waals surface area contributed by atoms with Gasteiger partial charge >= 0.3 is 12.1 Å². The van der Waals surface area contributed by atoms with Crippen LogP contribution >= 0.6 is 12.4 Å². The summed E-state index contributed by atoms with van der Waals surface area (Å²) in [6.45, 7) is 2.26. The van der Waals surface area contributed by atoms with E-state index in [4.69, 9.17) is 9.84 Å². The van der Waals surface area contributed by atoms with Crippen LogP contribution in [-0.2, 0) is 14.3 Å². The molecule has 2 atom stereocenters. The highest BCUT2D eigenvalue weighted by atomic mass is 35.5. The van der Waals surface area contributed by atoms with Crippen LogP contribution in [-0.4, -0.2) is 67.5 Å². The zero-order chi connectivity index (χ0) is 17.5. The molecule has 0 aromatic rings. The van der Waals surface area contributed by atoms with Crippen LogP contribution in [0, 0.1) is 11.8 Å². The van der Waals surface area contributed by atoms with E-state index >= 15 is 0 Å². The molecular weight excluding hydrogens is 353 g/mol. The Hall–Kier alpha value is -1.06. The summed E-state index contributed by atoms with van der Waals surface area (Å²) in [5.74, 6) is -5.39. The summed E-state index contributed by atoms with van der Waals surface area (Å²) < 4.78 is 43.7. The van der Waals surface area contributed by atoms with Crippen molar-refractivity contribution < 1.29 is 32.6 Å². The number of ether oxygens (including phenoxy) is 1. The van der Waals surface area contributed by atoms with Crippen molar-refractivity contribution >= 4 is 24.3 Å². The van der Waals surface area contributed by atoms with Gasteiger partial charge in [-0.2, -0.15) is 13.2 Å². The third kappa shape index (κ3) is 7.67. The molecule has 0 aliphatic carbocycles. The van der Waals surface area contributed by atoms with E-state index in [1.165, 1.54) is 4.90 Å². The largest absolute Gasteiger partial charge is 0.481 e. The summed E-state index contributed by atoms with van der Waals surface area (Å²) in [6, 6.07) is 0. The maximum absolute atomic E-state index is 12.8. The molecule has 0 saturated carbocycles. The van der Waals surface area contributed by atoms with E-state index in [0.717, 1.165) is 12.8 Å². The van der Waals surface area contributed by atoms with Crippen LogP contribution in [0.5, 0.6) is 0 Å². The molecule has 0 radical (unpaired) electrons. The summed E-state index contributed by atoms with van der Waals surface area (Å²) in [7, 11) is 0. The summed E-state index contributed by atoms with van der Waals surface area (Å²) in [5, 5.41) is 11.4. The molecule has 1 aliphatic heterocycles. The number of carboxylic acid groups (broad SMARTS) is 1. The number of aliphatic carboxylic acids is 1. The molecule has 0 aromatic heterocycles. The Labute approximate surface area is 145 Å². The molecule has 0 spiro atoms. The van der Waals surface area contributed by atoms with Crippen LogP contribution in [0.2, 0.25) is 0 Å². The lowest BCUT2D eigenvalue weighted by atomic mass is 9.96. The lowest BCUT2D eigenvalue weighted by Gasteiger charge is -2.18. The number of nitrogens with zero attached hydrogens (tertiary/aromatic N) is 1. The van der Waals surface area contributed by atoms with Crippen LogP contribution < -0.4 is 5.32 Å². The van der Waals surface area contributed by atoms with Crippen molar-refractivity contribution in [2.75, 3.05) is 39.4 Å².